The van der Waals surface area contributed by atoms with E-state index in [-0.39, 0.29) is 16.9 Å². The van der Waals surface area contributed by atoms with Gasteiger partial charge in [0.25, 0.3) is 5.92 Å². The Hall–Kier alpha value is -0.970. The standard InChI is InChI=1S/C10H12F2O2S/c1-3-10(11,12)8-4-6-9(7-5-8)15(2,13)14/h4-7H,3H2,1-2H3. The van der Waals surface area contributed by atoms with Crippen molar-refractivity contribution in [3.63, 3.8) is 0 Å². The van der Waals surface area contributed by atoms with Crippen molar-refractivity contribution in [3.05, 3.63) is 29.8 Å². The Kier molecular flexibility index (Phi) is 3.13. The topological polar surface area (TPSA) is 34.1 Å². The molecule has 2 nitrogen and oxygen atoms in total. The Bertz CT molecular complexity index is 435. The van der Waals surface area contributed by atoms with Gasteiger partial charge in [-0.25, -0.2) is 17.2 Å². The molecule has 84 valence electrons. The minimum Gasteiger partial charge on any atom is -0.224 e. The number of hydrogen-bond donors (Lipinski definition) is 0. The molecule has 0 aromatic heterocycles. The highest BCUT2D eigenvalue weighted by Crippen LogP contribution is 2.31. The molecule has 0 saturated carbocycles. The Balaban J connectivity index is 3.12. The summed E-state index contributed by atoms with van der Waals surface area (Å²) in [4.78, 5) is 0.0538. The van der Waals surface area contributed by atoms with Crippen molar-refractivity contribution >= 4 is 9.84 Å². The van der Waals surface area contributed by atoms with Crippen LogP contribution in [0, 0.1) is 0 Å². The quantitative estimate of drug-likeness (QED) is 0.805. The maximum atomic E-state index is 13.2. The summed E-state index contributed by atoms with van der Waals surface area (Å²) in [6.45, 7) is 1.38. The molecule has 0 spiro atoms. The molecule has 0 radical (unpaired) electrons. The summed E-state index contributed by atoms with van der Waals surface area (Å²) in [5.41, 5.74) is -0.155. The number of hydrogen-bond acceptors (Lipinski definition) is 2. The lowest BCUT2D eigenvalue weighted by atomic mass is 10.1. The molecule has 5 heteroatoms. The van der Waals surface area contributed by atoms with Gasteiger partial charge in [-0.15, -0.1) is 0 Å². The van der Waals surface area contributed by atoms with Crippen molar-refractivity contribution in [2.45, 2.75) is 24.2 Å². The van der Waals surface area contributed by atoms with Gasteiger partial charge in [0.15, 0.2) is 9.84 Å². The second-order valence-corrected chi connectivity index (χ2v) is 5.37. The van der Waals surface area contributed by atoms with E-state index in [2.05, 4.69) is 0 Å². The molecule has 0 heterocycles. The van der Waals surface area contributed by atoms with Crippen LogP contribution in [0.4, 0.5) is 8.78 Å². The zero-order chi connectivity index (χ0) is 11.7. The van der Waals surface area contributed by atoms with Crippen LogP contribution < -0.4 is 0 Å². The third-order valence-electron chi connectivity index (χ3n) is 2.15. The van der Waals surface area contributed by atoms with Crippen molar-refractivity contribution in [2.75, 3.05) is 6.26 Å². The van der Waals surface area contributed by atoms with Gasteiger partial charge in [-0.1, -0.05) is 19.1 Å². The molecule has 1 aromatic carbocycles. The largest absolute Gasteiger partial charge is 0.273 e. The molecular formula is C10H12F2O2S. The van der Waals surface area contributed by atoms with E-state index >= 15 is 0 Å². The summed E-state index contributed by atoms with van der Waals surface area (Å²) in [6.07, 6.45) is 0.741. The normalized spacial score (nSPS) is 12.8. The van der Waals surface area contributed by atoms with Gasteiger partial charge in [0.05, 0.1) is 4.90 Å². The molecule has 1 rings (SSSR count). The third-order valence-corrected chi connectivity index (χ3v) is 3.28. The highest BCUT2D eigenvalue weighted by molar-refractivity contribution is 7.90. The fourth-order valence-corrected chi connectivity index (χ4v) is 1.78. The lowest BCUT2D eigenvalue weighted by molar-refractivity contribution is -0.00833. The van der Waals surface area contributed by atoms with Crippen molar-refractivity contribution < 1.29 is 17.2 Å². The highest BCUT2D eigenvalue weighted by Gasteiger charge is 2.28. The summed E-state index contributed by atoms with van der Waals surface area (Å²) in [7, 11) is -3.32. The van der Waals surface area contributed by atoms with E-state index in [0.717, 1.165) is 18.4 Å². The maximum absolute atomic E-state index is 13.2. The van der Waals surface area contributed by atoms with Gasteiger partial charge in [-0.3, -0.25) is 0 Å². The van der Waals surface area contributed by atoms with E-state index in [4.69, 9.17) is 0 Å². The monoisotopic (exact) mass is 234 g/mol. The Labute approximate surface area is 87.8 Å². The smallest absolute Gasteiger partial charge is 0.224 e. The van der Waals surface area contributed by atoms with Crippen LogP contribution in [-0.2, 0) is 15.8 Å². The predicted octanol–water partition coefficient (Wildman–Crippen LogP) is 2.59. The van der Waals surface area contributed by atoms with Crippen LogP contribution in [0.5, 0.6) is 0 Å². The molecule has 0 bridgehead atoms. The average molecular weight is 234 g/mol. The first-order valence-electron chi connectivity index (χ1n) is 4.46. The fourth-order valence-electron chi connectivity index (χ4n) is 1.15. The van der Waals surface area contributed by atoms with Gasteiger partial charge >= 0.3 is 0 Å². The number of halogens is 2. The average Bonchev–Trinajstić information content (AvgIpc) is 2.17. The van der Waals surface area contributed by atoms with Gasteiger partial charge in [-0.2, -0.15) is 0 Å². The predicted molar refractivity (Wildman–Crippen MR) is 53.7 cm³/mol. The lowest BCUT2D eigenvalue weighted by Gasteiger charge is -2.14. The van der Waals surface area contributed by atoms with Crippen LogP contribution >= 0.6 is 0 Å². The molecule has 0 aliphatic rings. The van der Waals surface area contributed by atoms with Crippen LogP contribution in [0.2, 0.25) is 0 Å². The van der Waals surface area contributed by atoms with Gasteiger partial charge in [0.2, 0.25) is 0 Å². The molecule has 0 fully saturated rings. The minimum absolute atomic E-state index is 0.0538. The maximum Gasteiger partial charge on any atom is 0.273 e. The molecule has 0 aliphatic heterocycles. The molecule has 0 aliphatic carbocycles. The van der Waals surface area contributed by atoms with Crippen molar-refractivity contribution in [1.29, 1.82) is 0 Å². The molecule has 0 unspecified atom stereocenters. The van der Waals surface area contributed by atoms with E-state index in [1.165, 1.54) is 19.1 Å². The first-order valence-corrected chi connectivity index (χ1v) is 6.35. The van der Waals surface area contributed by atoms with Crippen LogP contribution in [0.25, 0.3) is 0 Å². The number of benzene rings is 1. The van der Waals surface area contributed by atoms with Gasteiger partial charge in [0.1, 0.15) is 0 Å². The number of alkyl halides is 2. The van der Waals surface area contributed by atoms with Crippen LogP contribution in [0.3, 0.4) is 0 Å². The minimum atomic E-state index is -3.32. The van der Waals surface area contributed by atoms with Gasteiger partial charge < -0.3 is 0 Å². The van der Waals surface area contributed by atoms with E-state index in [1.807, 2.05) is 0 Å². The zero-order valence-electron chi connectivity index (χ0n) is 8.50. The molecule has 1 aromatic rings. The lowest BCUT2D eigenvalue weighted by Crippen LogP contribution is -2.11. The Morgan fingerprint density at radius 1 is 1.20 bits per heavy atom. The van der Waals surface area contributed by atoms with Gasteiger partial charge in [0, 0.05) is 18.2 Å². The van der Waals surface area contributed by atoms with Crippen molar-refractivity contribution in [1.82, 2.24) is 0 Å². The SMILES string of the molecule is CCC(F)(F)c1ccc(S(C)(=O)=O)cc1. The summed E-state index contributed by atoms with van der Waals surface area (Å²) in [5, 5.41) is 0. The second kappa shape index (κ2) is 3.89. The summed E-state index contributed by atoms with van der Waals surface area (Å²) < 4.78 is 48.5. The van der Waals surface area contributed by atoms with Crippen LogP contribution in [0.15, 0.2) is 29.2 Å². The molecule has 0 atom stereocenters. The van der Waals surface area contributed by atoms with E-state index in [0.29, 0.717) is 0 Å². The highest BCUT2D eigenvalue weighted by atomic mass is 32.2. The van der Waals surface area contributed by atoms with Crippen molar-refractivity contribution in [2.24, 2.45) is 0 Å². The fraction of sp³-hybridized carbons (Fsp3) is 0.400. The van der Waals surface area contributed by atoms with E-state index in [1.54, 1.807) is 0 Å². The van der Waals surface area contributed by atoms with Crippen molar-refractivity contribution in [3.8, 4) is 0 Å². The molecular weight excluding hydrogens is 222 g/mol. The van der Waals surface area contributed by atoms with E-state index in [9.17, 15) is 17.2 Å². The molecule has 0 N–H and O–H groups in total. The zero-order valence-corrected chi connectivity index (χ0v) is 9.31. The summed E-state index contributed by atoms with van der Waals surface area (Å²) in [6, 6.07) is 4.71. The molecule has 15 heavy (non-hydrogen) atoms. The summed E-state index contributed by atoms with van der Waals surface area (Å²) >= 11 is 0. The first-order chi connectivity index (χ1) is 6.77. The second-order valence-electron chi connectivity index (χ2n) is 3.35. The van der Waals surface area contributed by atoms with Crippen LogP contribution in [-0.4, -0.2) is 14.7 Å². The van der Waals surface area contributed by atoms with Gasteiger partial charge in [-0.05, 0) is 12.1 Å². The third kappa shape index (κ3) is 2.75. The summed E-state index contributed by atoms with van der Waals surface area (Å²) in [5.74, 6) is -2.89. The Morgan fingerprint density at radius 2 is 1.67 bits per heavy atom. The molecule has 0 saturated heterocycles. The Morgan fingerprint density at radius 3 is 2.00 bits per heavy atom. The first kappa shape index (κ1) is 12.1. The number of rotatable bonds is 3. The van der Waals surface area contributed by atoms with Crippen LogP contribution in [0.1, 0.15) is 18.9 Å². The molecule has 0 amide bonds. The number of sulfone groups is 1. The van der Waals surface area contributed by atoms with E-state index < -0.39 is 15.8 Å².